The van der Waals surface area contributed by atoms with E-state index in [2.05, 4.69) is 4.72 Å². The lowest BCUT2D eigenvalue weighted by Gasteiger charge is -2.15. The molecule has 6 heteroatoms. The number of halogens is 1. The van der Waals surface area contributed by atoms with Crippen molar-refractivity contribution in [2.24, 2.45) is 0 Å². The largest absolute Gasteiger partial charge is 0.279 e. The van der Waals surface area contributed by atoms with Crippen LogP contribution in [0.5, 0.6) is 0 Å². The van der Waals surface area contributed by atoms with E-state index >= 15 is 0 Å². The van der Waals surface area contributed by atoms with Gasteiger partial charge in [0.05, 0.1) is 0 Å². The minimum Gasteiger partial charge on any atom is -0.198 e. The maximum atomic E-state index is 11.1. The van der Waals surface area contributed by atoms with Crippen LogP contribution in [-0.4, -0.2) is 38.7 Å². The molecule has 0 aromatic heterocycles. The molecule has 0 amide bonds. The van der Waals surface area contributed by atoms with Gasteiger partial charge in [-0.05, 0) is 6.92 Å². The van der Waals surface area contributed by atoms with E-state index < -0.39 is 10.2 Å². The van der Waals surface area contributed by atoms with Gasteiger partial charge in [-0.2, -0.15) is 17.4 Å². The summed E-state index contributed by atoms with van der Waals surface area (Å²) in [5.41, 5.74) is 0. The van der Waals surface area contributed by atoms with Crippen molar-refractivity contribution in [1.82, 2.24) is 9.03 Å². The minimum atomic E-state index is -3.31. The Morgan fingerprint density at radius 1 is 1.55 bits per heavy atom. The molecule has 0 aromatic carbocycles. The molecule has 0 bridgehead atoms. The second-order valence-corrected chi connectivity index (χ2v) is 4.69. The fourth-order valence-corrected chi connectivity index (χ4v) is 1.36. The Hall–Kier alpha value is 0.160. The van der Waals surface area contributed by atoms with Gasteiger partial charge in [-0.25, -0.2) is 0 Å². The Balaban J connectivity index is 4.15. The monoisotopic (exact) mass is 200 g/mol. The van der Waals surface area contributed by atoms with E-state index in [4.69, 9.17) is 11.6 Å². The van der Waals surface area contributed by atoms with E-state index in [1.54, 1.807) is 6.92 Å². The van der Waals surface area contributed by atoms with Gasteiger partial charge in [-0.15, -0.1) is 11.6 Å². The van der Waals surface area contributed by atoms with E-state index in [1.807, 2.05) is 0 Å². The van der Waals surface area contributed by atoms with Crippen molar-refractivity contribution in [3.8, 4) is 0 Å². The van der Waals surface area contributed by atoms with Gasteiger partial charge in [-0.3, -0.25) is 0 Å². The highest BCUT2D eigenvalue weighted by molar-refractivity contribution is 7.87. The van der Waals surface area contributed by atoms with Crippen LogP contribution in [-0.2, 0) is 10.2 Å². The van der Waals surface area contributed by atoms with Gasteiger partial charge in [-0.1, -0.05) is 0 Å². The van der Waals surface area contributed by atoms with Crippen LogP contribution in [0.4, 0.5) is 0 Å². The van der Waals surface area contributed by atoms with Crippen molar-refractivity contribution in [3.63, 3.8) is 0 Å². The highest BCUT2D eigenvalue weighted by Crippen LogP contribution is 1.93. The van der Waals surface area contributed by atoms with Gasteiger partial charge in [0, 0.05) is 26.0 Å². The van der Waals surface area contributed by atoms with Gasteiger partial charge < -0.3 is 0 Å². The minimum absolute atomic E-state index is 0.232. The van der Waals surface area contributed by atoms with Crippen LogP contribution in [0.15, 0.2) is 0 Å². The van der Waals surface area contributed by atoms with E-state index in [-0.39, 0.29) is 11.9 Å². The van der Waals surface area contributed by atoms with Gasteiger partial charge in [0.2, 0.25) is 0 Å². The molecule has 0 aliphatic heterocycles. The van der Waals surface area contributed by atoms with Gasteiger partial charge in [0.1, 0.15) is 0 Å². The number of hydrogen-bond acceptors (Lipinski definition) is 2. The molecule has 68 valence electrons. The summed E-state index contributed by atoms with van der Waals surface area (Å²) in [4.78, 5) is 0. The van der Waals surface area contributed by atoms with Crippen LogP contribution in [0.1, 0.15) is 6.92 Å². The third kappa shape index (κ3) is 3.91. The van der Waals surface area contributed by atoms with Crippen molar-refractivity contribution in [1.29, 1.82) is 0 Å². The molecule has 11 heavy (non-hydrogen) atoms. The molecule has 1 N–H and O–H groups in total. The lowest BCUT2D eigenvalue weighted by Crippen LogP contribution is -2.41. The number of rotatable bonds is 4. The highest BCUT2D eigenvalue weighted by atomic mass is 35.5. The maximum Gasteiger partial charge on any atom is 0.279 e. The summed E-state index contributed by atoms with van der Waals surface area (Å²) in [6, 6.07) is -0.232. The fourth-order valence-electron chi connectivity index (χ4n) is 0.391. The first-order valence-electron chi connectivity index (χ1n) is 3.16. The van der Waals surface area contributed by atoms with Crippen LogP contribution in [0.2, 0.25) is 0 Å². The zero-order valence-electron chi connectivity index (χ0n) is 6.83. The quantitative estimate of drug-likeness (QED) is 0.650. The average Bonchev–Trinajstić information content (AvgIpc) is 1.86. The first kappa shape index (κ1) is 11.2. The average molecular weight is 201 g/mol. The standard InChI is InChI=1S/C5H13ClN2O2S/c1-5(4-6)7-11(9,10)8(2)3/h5,7H,4H2,1-3H3. The van der Waals surface area contributed by atoms with Gasteiger partial charge in [0.15, 0.2) is 0 Å². The predicted octanol–water partition coefficient (Wildman–Crippen LogP) is 0.00970. The van der Waals surface area contributed by atoms with E-state index in [9.17, 15) is 8.42 Å². The van der Waals surface area contributed by atoms with Gasteiger partial charge >= 0.3 is 0 Å². The lowest BCUT2D eigenvalue weighted by atomic mass is 10.4. The molecule has 0 aliphatic carbocycles. The van der Waals surface area contributed by atoms with E-state index in [0.717, 1.165) is 4.31 Å². The number of hydrogen-bond donors (Lipinski definition) is 1. The van der Waals surface area contributed by atoms with E-state index in [1.165, 1.54) is 14.1 Å². The predicted molar refractivity (Wildman–Crippen MR) is 45.9 cm³/mol. The molecule has 0 radical (unpaired) electrons. The summed E-state index contributed by atoms with van der Waals surface area (Å²) in [5.74, 6) is 0.271. The fraction of sp³-hybridized carbons (Fsp3) is 1.00. The molecule has 0 saturated carbocycles. The van der Waals surface area contributed by atoms with Gasteiger partial charge in [0.25, 0.3) is 10.2 Å². The summed E-state index contributed by atoms with van der Waals surface area (Å²) in [5, 5.41) is 0. The van der Waals surface area contributed by atoms with Crippen molar-refractivity contribution in [3.05, 3.63) is 0 Å². The first-order valence-corrected chi connectivity index (χ1v) is 5.13. The molecule has 1 atom stereocenters. The summed E-state index contributed by atoms with van der Waals surface area (Å²) >= 11 is 5.42. The Bertz CT molecular complexity index is 203. The third-order valence-corrected chi connectivity index (χ3v) is 3.19. The van der Waals surface area contributed by atoms with Crippen molar-refractivity contribution < 1.29 is 8.42 Å². The zero-order chi connectivity index (χ0) is 9.07. The topological polar surface area (TPSA) is 49.4 Å². The Morgan fingerprint density at radius 2 is 2.00 bits per heavy atom. The molecule has 0 saturated heterocycles. The molecule has 4 nitrogen and oxygen atoms in total. The Morgan fingerprint density at radius 3 is 2.27 bits per heavy atom. The highest BCUT2D eigenvalue weighted by Gasteiger charge is 2.15. The van der Waals surface area contributed by atoms with Crippen molar-refractivity contribution in [2.75, 3.05) is 20.0 Å². The van der Waals surface area contributed by atoms with Crippen molar-refractivity contribution in [2.45, 2.75) is 13.0 Å². The Labute approximate surface area is 72.7 Å². The molecule has 0 aromatic rings. The Kier molecular flexibility index (Phi) is 4.31. The molecular formula is C5H13ClN2O2S. The summed E-state index contributed by atoms with van der Waals surface area (Å²) in [6.45, 7) is 1.70. The maximum absolute atomic E-state index is 11.1. The van der Waals surface area contributed by atoms with Crippen molar-refractivity contribution >= 4 is 21.8 Å². The third-order valence-electron chi connectivity index (χ3n) is 1.06. The van der Waals surface area contributed by atoms with E-state index in [0.29, 0.717) is 0 Å². The van der Waals surface area contributed by atoms with Crippen LogP contribution in [0.3, 0.4) is 0 Å². The second-order valence-electron chi connectivity index (χ2n) is 2.46. The van der Waals surface area contributed by atoms with Crippen LogP contribution in [0, 0.1) is 0 Å². The zero-order valence-corrected chi connectivity index (χ0v) is 8.41. The first-order chi connectivity index (χ1) is 4.90. The molecular weight excluding hydrogens is 188 g/mol. The molecule has 0 fully saturated rings. The normalized spacial score (nSPS) is 15.4. The molecule has 0 aliphatic rings. The summed E-state index contributed by atoms with van der Waals surface area (Å²) in [6.07, 6.45) is 0. The SMILES string of the molecule is CC(CCl)NS(=O)(=O)N(C)C. The molecule has 0 heterocycles. The molecule has 0 spiro atoms. The number of nitrogens with one attached hydrogen (secondary N) is 1. The number of nitrogens with zero attached hydrogens (tertiary/aromatic N) is 1. The second kappa shape index (κ2) is 4.25. The number of alkyl halides is 1. The van der Waals surface area contributed by atoms with Crippen LogP contribution >= 0.6 is 11.6 Å². The summed E-state index contributed by atoms with van der Waals surface area (Å²) < 4.78 is 25.6. The summed E-state index contributed by atoms with van der Waals surface area (Å²) in [7, 11) is -0.387. The molecule has 1 unspecified atom stereocenters. The smallest absolute Gasteiger partial charge is 0.198 e. The van der Waals surface area contributed by atoms with Crippen LogP contribution in [0.25, 0.3) is 0 Å². The lowest BCUT2D eigenvalue weighted by molar-refractivity contribution is 0.497. The molecule has 0 rings (SSSR count). The van der Waals surface area contributed by atoms with Crippen LogP contribution < -0.4 is 4.72 Å².